The van der Waals surface area contributed by atoms with Crippen molar-refractivity contribution in [1.82, 2.24) is 15.2 Å². The van der Waals surface area contributed by atoms with Crippen molar-refractivity contribution in [3.05, 3.63) is 16.1 Å². The van der Waals surface area contributed by atoms with Gasteiger partial charge in [0.2, 0.25) is 0 Å². The Labute approximate surface area is 108 Å². The molecule has 0 spiro atoms. The van der Waals surface area contributed by atoms with Crippen molar-refractivity contribution in [1.29, 1.82) is 0 Å². The summed E-state index contributed by atoms with van der Waals surface area (Å²) < 4.78 is 0. The smallest absolute Gasteiger partial charge is 0.0926 e. The van der Waals surface area contributed by atoms with Crippen LogP contribution in [0.15, 0.2) is 5.38 Å². The van der Waals surface area contributed by atoms with E-state index >= 15 is 0 Å². The van der Waals surface area contributed by atoms with Gasteiger partial charge in [0, 0.05) is 18.0 Å². The van der Waals surface area contributed by atoms with Crippen LogP contribution in [-0.2, 0) is 13.0 Å². The summed E-state index contributed by atoms with van der Waals surface area (Å²) >= 11 is 1.80. The van der Waals surface area contributed by atoms with Gasteiger partial charge in [0.15, 0.2) is 0 Å². The van der Waals surface area contributed by atoms with Gasteiger partial charge in [0.25, 0.3) is 0 Å². The SMILES string of the molecule is CCc1nc(CN(CC)C2CCNCC2)cs1. The molecule has 1 saturated heterocycles. The quantitative estimate of drug-likeness (QED) is 0.872. The van der Waals surface area contributed by atoms with Crippen LogP contribution in [-0.4, -0.2) is 35.6 Å². The average molecular weight is 253 g/mol. The molecule has 17 heavy (non-hydrogen) atoms. The Morgan fingerprint density at radius 1 is 1.41 bits per heavy atom. The Balaban J connectivity index is 1.93. The van der Waals surface area contributed by atoms with Gasteiger partial charge in [-0.1, -0.05) is 13.8 Å². The number of thiazole rings is 1. The number of aryl methyl sites for hydroxylation is 1. The van der Waals surface area contributed by atoms with Crippen molar-refractivity contribution in [2.24, 2.45) is 0 Å². The first-order chi connectivity index (χ1) is 8.33. The minimum absolute atomic E-state index is 0.744. The number of hydrogen-bond acceptors (Lipinski definition) is 4. The van der Waals surface area contributed by atoms with Crippen LogP contribution in [0.5, 0.6) is 0 Å². The van der Waals surface area contributed by atoms with Crippen molar-refractivity contribution in [3.63, 3.8) is 0 Å². The summed E-state index contributed by atoms with van der Waals surface area (Å²) in [5, 5.41) is 6.92. The van der Waals surface area contributed by atoms with E-state index in [1.807, 2.05) is 0 Å². The van der Waals surface area contributed by atoms with Crippen molar-refractivity contribution >= 4 is 11.3 Å². The second-order valence-electron chi connectivity index (χ2n) is 4.63. The summed E-state index contributed by atoms with van der Waals surface area (Å²) in [6.07, 6.45) is 3.61. The summed E-state index contributed by atoms with van der Waals surface area (Å²) in [5.74, 6) is 0. The lowest BCUT2D eigenvalue weighted by Gasteiger charge is -2.33. The van der Waals surface area contributed by atoms with Crippen molar-refractivity contribution in [3.8, 4) is 0 Å². The highest BCUT2D eigenvalue weighted by atomic mass is 32.1. The molecular weight excluding hydrogens is 230 g/mol. The van der Waals surface area contributed by atoms with E-state index in [0.717, 1.165) is 25.6 Å². The van der Waals surface area contributed by atoms with Gasteiger partial charge in [-0.3, -0.25) is 4.90 Å². The fourth-order valence-corrected chi connectivity index (χ4v) is 3.20. The first-order valence-corrected chi connectivity index (χ1v) is 7.59. The lowest BCUT2D eigenvalue weighted by Crippen LogP contribution is -2.42. The van der Waals surface area contributed by atoms with E-state index < -0.39 is 0 Å². The molecule has 0 amide bonds. The Kier molecular flexibility index (Phi) is 4.95. The second kappa shape index (κ2) is 6.47. The van der Waals surface area contributed by atoms with Crippen molar-refractivity contribution in [2.45, 2.75) is 45.7 Å². The molecule has 0 saturated carbocycles. The van der Waals surface area contributed by atoms with Crippen LogP contribution in [0.2, 0.25) is 0 Å². The number of hydrogen-bond donors (Lipinski definition) is 1. The Hall–Kier alpha value is -0.450. The molecule has 1 aromatic heterocycles. The molecule has 0 bridgehead atoms. The predicted molar refractivity (Wildman–Crippen MR) is 73.5 cm³/mol. The molecule has 4 heteroatoms. The molecule has 1 aromatic rings. The van der Waals surface area contributed by atoms with Crippen LogP contribution in [0.4, 0.5) is 0 Å². The molecule has 2 rings (SSSR count). The number of piperidine rings is 1. The minimum atomic E-state index is 0.744. The normalized spacial score (nSPS) is 17.8. The standard InChI is InChI=1S/C13H23N3S/c1-3-13-15-11(10-17-13)9-16(4-2)12-5-7-14-8-6-12/h10,12,14H,3-9H2,1-2H3. The summed E-state index contributed by atoms with van der Waals surface area (Å²) in [6, 6.07) is 0.744. The first-order valence-electron chi connectivity index (χ1n) is 6.71. The van der Waals surface area contributed by atoms with E-state index in [1.54, 1.807) is 11.3 Å². The van der Waals surface area contributed by atoms with Gasteiger partial charge in [0.1, 0.15) is 0 Å². The number of nitrogens with zero attached hydrogens (tertiary/aromatic N) is 2. The fraction of sp³-hybridized carbons (Fsp3) is 0.769. The van der Waals surface area contributed by atoms with Crippen LogP contribution in [0, 0.1) is 0 Å². The van der Waals surface area contributed by atoms with Gasteiger partial charge in [0.05, 0.1) is 10.7 Å². The zero-order valence-corrected chi connectivity index (χ0v) is 11.7. The summed E-state index contributed by atoms with van der Waals surface area (Å²) in [5.41, 5.74) is 1.26. The summed E-state index contributed by atoms with van der Waals surface area (Å²) in [7, 11) is 0. The molecule has 0 radical (unpaired) electrons. The minimum Gasteiger partial charge on any atom is -0.317 e. The Bertz CT molecular complexity index is 331. The van der Waals surface area contributed by atoms with Crippen LogP contribution in [0.3, 0.4) is 0 Å². The Morgan fingerprint density at radius 3 is 2.76 bits per heavy atom. The zero-order chi connectivity index (χ0) is 12.1. The maximum atomic E-state index is 4.67. The molecule has 1 aliphatic heterocycles. The van der Waals surface area contributed by atoms with Gasteiger partial charge < -0.3 is 5.32 Å². The van der Waals surface area contributed by atoms with Gasteiger partial charge in [-0.2, -0.15) is 0 Å². The fourth-order valence-electron chi connectivity index (χ4n) is 2.46. The van der Waals surface area contributed by atoms with Gasteiger partial charge in [-0.05, 0) is 38.9 Å². The lowest BCUT2D eigenvalue weighted by atomic mass is 10.0. The molecule has 2 heterocycles. The third-order valence-corrected chi connectivity index (χ3v) is 4.54. The number of aromatic nitrogens is 1. The highest BCUT2D eigenvalue weighted by Gasteiger charge is 2.20. The molecule has 0 atom stereocenters. The summed E-state index contributed by atoms with van der Waals surface area (Å²) in [4.78, 5) is 7.25. The molecule has 3 nitrogen and oxygen atoms in total. The van der Waals surface area contributed by atoms with Crippen molar-refractivity contribution in [2.75, 3.05) is 19.6 Å². The third kappa shape index (κ3) is 3.50. The van der Waals surface area contributed by atoms with E-state index in [0.29, 0.717) is 0 Å². The van der Waals surface area contributed by atoms with Crippen LogP contribution < -0.4 is 5.32 Å². The van der Waals surface area contributed by atoms with Crippen molar-refractivity contribution < 1.29 is 0 Å². The van der Waals surface area contributed by atoms with E-state index in [2.05, 4.69) is 34.4 Å². The van der Waals surface area contributed by atoms with Crippen LogP contribution in [0.1, 0.15) is 37.4 Å². The van der Waals surface area contributed by atoms with E-state index in [-0.39, 0.29) is 0 Å². The average Bonchev–Trinajstić information content (AvgIpc) is 2.84. The lowest BCUT2D eigenvalue weighted by molar-refractivity contribution is 0.160. The zero-order valence-electron chi connectivity index (χ0n) is 10.9. The maximum Gasteiger partial charge on any atom is 0.0926 e. The molecule has 0 aromatic carbocycles. The summed E-state index contributed by atoms with van der Waals surface area (Å²) in [6.45, 7) is 8.92. The number of rotatable bonds is 5. The van der Waals surface area contributed by atoms with Crippen LogP contribution >= 0.6 is 11.3 Å². The largest absolute Gasteiger partial charge is 0.317 e. The third-order valence-electron chi connectivity index (χ3n) is 3.50. The second-order valence-corrected chi connectivity index (χ2v) is 5.57. The highest BCUT2D eigenvalue weighted by Crippen LogP contribution is 2.17. The maximum absolute atomic E-state index is 4.67. The van der Waals surface area contributed by atoms with E-state index in [4.69, 9.17) is 0 Å². The van der Waals surface area contributed by atoms with Gasteiger partial charge >= 0.3 is 0 Å². The molecule has 0 aliphatic carbocycles. The Morgan fingerprint density at radius 2 is 2.18 bits per heavy atom. The molecule has 1 N–H and O–H groups in total. The van der Waals surface area contributed by atoms with Gasteiger partial charge in [-0.25, -0.2) is 4.98 Å². The number of nitrogens with one attached hydrogen (secondary N) is 1. The van der Waals surface area contributed by atoms with E-state index in [1.165, 1.54) is 36.6 Å². The van der Waals surface area contributed by atoms with E-state index in [9.17, 15) is 0 Å². The van der Waals surface area contributed by atoms with Crippen LogP contribution in [0.25, 0.3) is 0 Å². The first kappa shape index (κ1) is 13.0. The molecule has 96 valence electrons. The molecular formula is C13H23N3S. The highest BCUT2D eigenvalue weighted by molar-refractivity contribution is 7.09. The molecule has 1 fully saturated rings. The predicted octanol–water partition coefficient (Wildman–Crippen LogP) is 2.28. The van der Waals surface area contributed by atoms with Gasteiger partial charge in [-0.15, -0.1) is 11.3 Å². The molecule has 0 unspecified atom stereocenters. The monoisotopic (exact) mass is 253 g/mol. The molecule has 1 aliphatic rings. The topological polar surface area (TPSA) is 28.2 Å².